The van der Waals surface area contributed by atoms with E-state index in [-0.39, 0.29) is 50.5 Å². The minimum atomic E-state index is -0.215. The average molecular weight is 318 g/mol. The minimum absolute atomic E-state index is 0.0678. The molecule has 114 valence electrons. The summed E-state index contributed by atoms with van der Waals surface area (Å²) in [6.07, 6.45) is 0.582. The van der Waals surface area contributed by atoms with E-state index in [0.29, 0.717) is 10.6 Å². The first-order valence-corrected chi connectivity index (χ1v) is 7.26. The standard InChI is InChI=1S/C16H16ClN3O2/c17-14-5-3-13(4-6-14)15(21)7-8-16(22)20(11-1-9-18)12-2-10-19/h3-6H,1-2,7-8,11-12H2. The summed E-state index contributed by atoms with van der Waals surface area (Å²) in [4.78, 5) is 25.5. The van der Waals surface area contributed by atoms with Gasteiger partial charge in [0.05, 0.1) is 25.0 Å². The predicted molar refractivity (Wildman–Crippen MR) is 82.1 cm³/mol. The molecule has 0 fully saturated rings. The zero-order chi connectivity index (χ0) is 16.4. The van der Waals surface area contributed by atoms with Crippen molar-refractivity contribution in [3.63, 3.8) is 0 Å². The summed E-state index contributed by atoms with van der Waals surface area (Å²) in [5, 5.41) is 17.7. The van der Waals surface area contributed by atoms with Gasteiger partial charge in [-0.1, -0.05) is 11.6 Å². The molecule has 22 heavy (non-hydrogen) atoms. The van der Waals surface area contributed by atoms with E-state index in [1.807, 2.05) is 12.1 Å². The molecule has 0 aliphatic heterocycles. The first-order valence-electron chi connectivity index (χ1n) is 6.89. The second kappa shape index (κ2) is 9.55. The number of amides is 1. The molecule has 0 aliphatic rings. The number of ketones is 1. The van der Waals surface area contributed by atoms with Gasteiger partial charge in [0.25, 0.3) is 0 Å². The van der Waals surface area contributed by atoms with E-state index in [1.165, 1.54) is 4.90 Å². The van der Waals surface area contributed by atoms with Crippen LogP contribution in [0.4, 0.5) is 0 Å². The van der Waals surface area contributed by atoms with Gasteiger partial charge in [-0.3, -0.25) is 9.59 Å². The van der Waals surface area contributed by atoms with Crippen LogP contribution in [0.5, 0.6) is 0 Å². The third kappa shape index (κ3) is 5.95. The Balaban J connectivity index is 2.54. The molecule has 0 bridgehead atoms. The second-order valence-corrected chi connectivity index (χ2v) is 5.06. The van der Waals surface area contributed by atoms with Crippen LogP contribution in [0.3, 0.4) is 0 Å². The van der Waals surface area contributed by atoms with Crippen LogP contribution in [0.15, 0.2) is 24.3 Å². The second-order valence-electron chi connectivity index (χ2n) is 4.63. The molecule has 0 N–H and O–H groups in total. The van der Waals surface area contributed by atoms with Gasteiger partial charge < -0.3 is 4.90 Å². The summed E-state index contributed by atoms with van der Waals surface area (Å²) >= 11 is 5.76. The summed E-state index contributed by atoms with van der Waals surface area (Å²) in [6.45, 7) is 0.568. The fourth-order valence-electron chi connectivity index (χ4n) is 1.89. The molecule has 0 saturated heterocycles. The number of nitrogens with zero attached hydrogens (tertiary/aromatic N) is 3. The number of hydrogen-bond donors (Lipinski definition) is 0. The molecule has 0 spiro atoms. The lowest BCUT2D eigenvalue weighted by atomic mass is 10.1. The number of rotatable bonds is 8. The van der Waals surface area contributed by atoms with E-state index in [0.717, 1.165) is 0 Å². The summed E-state index contributed by atoms with van der Waals surface area (Å²) in [5.74, 6) is -0.349. The Morgan fingerprint density at radius 2 is 1.55 bits per heavy atom. The lowest BCUT2D eigenvalue weighted by Gasteiger charge is -2.20. The fraction of sp³-hybridized carbons (Fsp3) is 0.375. The Morgan fingerprint density at radius 1 is 1.00 bits per heavy atom. The third-order valence-electron chi connectivity index (χ3n) is 3.07. The van der Waals surface area contributed by atoms with E-state index in [2.05, 4.69) is 0 Å². The predicted octanol–water partition coefficient (Wildman–Crippen LogP) is 2.96. The zero-order valence-corrected chi connectivity index (χ0v) is 12.8. The van der Waals surface area contributed by atoms with Crippen molar-refractivity contribution in [2.75, 3.05) is 13.1 Å². The lowest BCUT2D eigenvalue weighted by molar-refractivity contribution is -0.131. The number of Topliss-reactive ketones (excluding diaryl/α,β-unsaturated/α-hetero) is 1. The molecule has 6 heteroatoms. The number of benzene rings is 1. The maximum absolute atomic E-state index is 12.1. The Labute approximate surface area is 134 Å². The van der Waals surface area contributed by atoms with Crippen molar-refractivity contribution in [3.8, 4) is 12.1 Å². The van der Waals surface area contributed by atoms with Crippen LogP contribution in [0, 0.1) is 22.7 Å². The van der Waals surface area contributed by atoms with Gasteiger partial charge in [0.1, 0.15) is 0 Å². The van der Waals surface area contributed by atoms with Crippen molar-refractivity contribution in [2.45, 2.75) is 25.7 Å². The summed E-state index contributed by atoms with van der Waals surface area (Å²) in [6, 6.07) is 10.4. The molecule has 5 nitrogen and oxygen atoms in total. The zero-order valence-electron chi connectivity index (χ0n) is 12.1. The molecule has 0 aromatic heterocycles. The molecule has 1 amide bonds. The highest BCUT2D eigenvalue weighted by Gasteiger charge is 2.15. The molecular formula is C16H16ClN3O2. The minimum Gasteiger partial charge on any atom is -0.341 e. The quantitative estimate of drug-likeness (QED) is 0.690. The van der Waals surface area contributed by atoms with Crippen LogP contribution in [-0.4, -0.2) is 29.7 Å². The van der Waals surface area contributed by atoms with E-state index < -0.39 is 0 Å². The van der Waals surface area contributed by atoms with Gasteiger partial charge in [-0.2, -0.15) is 10.5 Å². The lowest BCUT2D eigenvalue weighted by Crippen LogP contribution is -2.32. The summed E-state index contributed by atoms with van der Waals surface area (Å²) in [5.41, 5.74) is 0.512. The number of halogens is 1. The van der Waals surface area contributed by atoms with E-state index in [9.17, 15) is 9.59 Å². The van der Waals surface area contributed by atoms with Gasteiger partial charge in [0.2, 0.25) is 5.91 Å². The molecule has 0 atom stereocenters. The monoisotopic (exact) mass is 317 g/mol. The SMILES string of the molecule is N#CCCN(CCC#N)C(=O)CCC(=O)c1ccc(Cl)cc1. The molecule has 1 rings (SSSR count). The molecule has 0 radical (unpaired) electrons. The highest BCUT2D eigenvalue weighted by atomic mass is 35.5. The first kappa shape index (κ1) is 17.7. The Bertz CT molecular complexity index is 581. The largest absolute Gasteiger partial charge is 0.341 e. The normalized spacial score (nSPS) is 9.59. The number of carbonyl (C=O) groups excluding carboxylic acids is 2. The average Bonchev–Trinajstić information content (AvgIpc) is 2.53. The fourth-order valence-corrected chi connectivity index (χ4v) is 2.02. The molecular weight excluding hydrogens is 302 g/mol. The van der Waals surface area contributed by atoms with Crippen molar-refractivity contribution < 1.29 is 9.59 Å². The molecule has 0 saturated carbocycles. The number of carbonyl (C=O) groups is 2. The van der Waals surface area contributed by atoms with Gasteiger partial charge >= 0.3 is 0 Å². The first-order chi connectivity index (χ1) is 10.6. The van der Waals surface area contributed by atoms with Gasteiger partial charge in [0, 0.05) is 36.5 Å². The van der Waals surface area contributed by atoms with Gasteiger partial charge in [-0.05, 0) is 24.3 Å². The molecule has 0 heterocycles. The molecule has 1 aromatic rings. The van der Waals surface area contributed by atoms with Crippen LogP contribution >= 0.6 is 11.6 Å². The van der Waals surface area contributed by atoms with Crippen molar-refractivity contribution >= 4 is 23.3 Å². The van der Waals surface area contributed by atoms with Crippen molar-refractivity contribution in [2.24, 2.45) is 0 Å². The molecule has 1 aromatic carbocycles. The summed E-state index contributed by atoms with van der Waals surface area (Å²) in [7, 11) is 0. The maximum Gasteiger partial charge on any atom is 0.223 e. The maximum atomic E-state index is 12.1. The third-order valence-corrected chi connectivity index (χ3v) is 3.32. The summed E-state index contributed by atoms with van der Waals surface area (Å²) < 4.78 is 0. The van der Waals surface area contributed by atoms with E-state index >= 15 is 0 Å². The van der Waals surface area contributed by atoms with Crippen molar-refractivity contribution in [3.05, 3.63) is 34.9 Å². The molecule has 0 aliphatic carbocycles. The van der Waals surface area contributed by atoms with Crippen LogP contribution in [0.25, 0.3) is 0 Å². The Hall–Kier alpha value is -2.37. The molecule has 0 unspecified atom stereocenters. The van der Waals surface area contributed by atoms with Gasteiger partial charge in [-0.15, -0.1) is 0 Å². The smallest absolute Gasteiger partial charge is 0.223 e. The van der Waals surface area contributed by atoms with Crippen molar-refractivity contribution in [1.29, 1.82) is 10.5 Å². The van der Waals surface area contributed by atoms with E-state index in [1.54, 1.807) is 24.3 Å². The Kier molecular flexibility index (Phi) is 7.67. The van der Waals surface area contributed by atoms with E-state index in [4.69, 9.17) is 22.1 Å². The van der Waals surface area contributed by atoms with Crippen molar-refractivity contribution in [1.82, 2.24) is 4.90 Å². The van der Waals surface area contributed by atoms with Gasteiger partial charge in [0.15, 0.2) is 5.78 Å². The van der Waals surface area contributed by atoms with Crippen LogP contribution in [0.1, 0.15) is 36.0 Å². The topological polar surface area (TPSA) is 85.0 Å². The highest BCUT2D eigenvalue weighted by Crippen LogP contribution is 2.12. The van der Waals surface area contributed by atoms with Crippen LogP contribution in [0.2, 0.25) is 5.02 Å². The van der Waals surface area contributed by atoms with Crippen LogP contribution < -0.4 is 0 Å². The van der Waals surface area contributed by atoms with Crippen LogP contribution in [-0.2, 0) is 4.79 Å². The van der Waals surface area contributed by atoms with Gasteiger partial charge in [-0.25, -0.2) is 0 Å². The highest BCUT2D eigenvalue weighted by molar-refractivity contribution is 6.30. The number of hydrogen-bond acceptors (Lipinski definition) is 4. The number of nitriles is 2. The Morgan fingerprint density at radius 3 is 2.05 bits per heavy atom.